The van der Waals surface area contributed by atoms with E-state index in [1.165, 1.54) is 52.0 Å². The summed E-state index contributed by atoms with van der Waals surface area (Å²) >= 11 is 0.351. The average molecular weight is 351 g/mol. The summed E-state index contributed by atoms with van der Waals surface area (Å²) in [5.41, 5.74) is 0. The van der Waals surface area contributed by atoms with Gasteiger partial charge >= 0.3 is 118 Å². The normalized spacial score (nSPS) is 29.5. The first-order valence-corrected chi connectivity index (χ1v) is 10.3. The van der Waals surface area contributed by atoms with Gasteiger partial charge in [-0.25, -0.2) is 0 Å². The van der Waals surface area contributed by atoms with E-state index in [1.54, 1.807) is 0 Å². The Morgan fingerprint density at radius 1 is 1.12 bits per heavy atom. The molecule has 2 aliphatic rings. The molecule has 0 saturated carbocycles. The van der Waals surface area contributed by atoms with Gasteiger partial charge in [0.25, 0.3) is 0 Å². The monoisotopic (exact) mass is 351 g/mol. The van der Waals surface area contributed by atoms with Gasteiger partial charge in [-0.15, -0.1) is 0 Å². The second-order valence-electron chi connectivity index (χ2n) is 6.07. The summed E-state index contributed by atoms with van der Waals surface area (Å²) in [6.45, 7) is 11.7. The molecule has 2 nitrogen and oxygen atoms in total. The van der Waals surface area contributed by atoms with E-state index < -0.39 is 0 Å². The van der Waals surface area contributed by atoms with Gasteiger partial charge in [0, 0.05) is 0 Å². The van der Waals surface area contributed by atoms with Gasteiger partial charge in [-0.05, 0) is 0 Å². The van der Waals surface area contributed by atoms with Crippen LogP contribution in [0.3, 0.4) is 0 Å². The molecule has 17 heavy (non-hydrogen) atoms. The summed E-state index contributed by atoms with van der Waals surface area (Å²) < 4.78 is 2.71. The van der Waals surface area contributed by atoms with Crippen molar-refractivity contribution < 1.29 is 21.5 Å². The van der Waals surface area contributed by atoms with Crippen molar-refractivity contribution in [3.8, 4) is 0 Å². The minimum absolute atomic E-state index is 0.351. The molecule has 1 atom stereocenters. The van der Waals surface area contributed by atoms with Crippen LogP contribution >= 0.6 is 0 Å². The number of hydrogen-bond donors (Lipinski definition) is 0. The Balaban J connectivity index is 1.68. The van der Waals surface area contributed by atoms with Crippen LogP contribution in [-0.4, -0.2) is 45.7 Å². The number of nitrogens with zero attached hydrogens (tertiary/aromatic N) is 2. The Hall–Kier alpha value is 0.650. The Kier molecular flexibility index (Phi) is 5.55. The van der Waals surface area contributed by atoms with Crippen LogP contribution in [0.15, 0.2) is 0 Å². The van der Waals surface area contributed by atoms with Gasteiger partial charge in [-0.2, -0.15) is 0 Å². The van der Waals surface area contributed by atoms with E-state index >= 15 is 0 Å². The first kappa shape index (κ1) is 14.1. The van der Waals surface area contributed by atoms with Crippen LogP contribution in [0.25, 0.3) is 0 Å². The molecule has 0 aromatic rings. The van der Waals surface area contributed by atoms with Gasteiger partial charge in [-0.1, -0.05) is 0 Å². The molecule has 102 valence electrons. The van der Waals surface area contributed by atoms with Crippen LogP contribution in [0.5, 0.6) is 0 Å². The van der Waals surface area contributed by atoms with Crippen LogP contribution in [0.2, 0.25) is 0 Å². The minimum atomic E-state index is 0.351. The zero-order chi connectivity index (χ0) is 12.3. The molecule has 2 rings (SSSR count). The molecule has 2 saturated heterocycles. The Morgan fingerprint density at radius 2 is 1.82 bits per heavy atom. The average Bonchev–Trinajstić information content (AvgIpc) is 2.77. The topological polar surface area (TPSA) is 6.48 Å². The fourth-order valence-corrected chi connectivity index (χ4v) is 4.97. The number of halogens is 1. The SMILES string of the molecule is C[I-]N1CCC(CN2CCC(C(C)C)CC2)C1. The summed E-state index contributed by atoms with van der Waals surface area (Å²) in [6, 6.07) is 0. The first-order chi connectivity index (χ1) is 8.19. The predicted octanol–water partition coefficient (Wildman–Crippen LogP) is -0.690. The van der Waals surface area contributed by atoms with Crippen LogP contribution in [0, 0.1) is 17.8 Å². The zero-order valence-electron chi connectivity index (χ0n) is 11.7. The quantitative estimate of drug-likeness (QED) is 0.376. The van der Waals surface area contributed by atoms with Gasteiger partial charge in [0.2, 0.25) is 0 Å². The van der Waals surface area contributed by atoms with Crippen molar-refractivity contribution in [3.63, 3.8) is 0 Å². The number of hydrogen-bond acceptors (Lipinski definition) is 2. The maximum atomic E-state index is 2.74. The number of piperidine rings is 1. The molecule has 3 heteroatoms. The van der Waals surface area contributed by atoms with Crippen molar-refractivity contribution >= 4 is 0 Å². The van der Waals surface area contributed by atoms with Crippen LogP contribution < -0.4 is 21.5 Å². The number of likely N-dealkylation sites (tertiary alicyclic amines) is 1. The molecule has 0 spiro atoms. The molecular formula is C14H28IN2-. The summed E-state index contributed by atoms with van der Waals surface area (Å²) in [5.74, 6) is 2.86. The molecule has 0 bridgehead atoms. The van der Waals surface area contributed by atoms with E-state index in [0.29, 0.717) is 21.5 Å². The molecular weight excluding hydrogens is 323 g/mol. The van der Waals surface area contributed by atoms with Gasteiger partial charge in [0.15, 0.2) is 0 Å². The predicted molar refractivity (Wildman–Crippen MR) is 69.6 cm³/mol. The fraction of sp³-hybridized carbons (Fsp3) is 1.00. The van der Waals surface area contributed by atoms with Crippen molar-refractivity contribution in [1.29, 1.82) is 0 Å². The van der Waals surface area contributed by atoms with Crippen LogP contribution in [0.1, 0.15) is 33.1 Å². The van der Waals surface area contributed by atoms with E-state index in [9.17, 15) is 0 Å². The van der Waals surface area contributed by atoms with E-state index in [-0.39, 0.29) is 0 Å². The van der Waals surface area contributed by atoms with E-state index in [4.69, 9.17) is 0 Å². The van der Waals surface area contributed by atoms with Gasteiger partial charge in [-0.3, -0.25) is 0 Å². The first-order valence-electron chi connectivity index (χ1n) is 7.16. The van der Waals surface area contributed by atoms with Crippen molar-refractivity contribution in [1.82, 2.24) is 8.01 Å². The molecule has 0 radical (unpaired) electrons. The van der Waals surface area contributed by atoms with Crippen LogP contribution in [0.4, 0.5) is 0 Å². The second kappa shape index (κ2) is 6.71. The third kappa shape index (κ3) is 4.06. The summed E-state index contributed by atoms with van der Waals surface area (Å²) in [6.07, 6.45) is 4.33. The molecule has 0 amide bonds. The summed E-state index contributed by atoms with van der Waals surface area (Å²) in [5, 5.41) is 0. The summed E-state index contributed by atoms with van der Waals surface area (Å²) in [7, 11) is 0. The van der Waals surface area contributed by atoms with Gasteiger partial charge < -0.3 is 0 Å². The van der Waals surface area contributed by atoms with E-state index in [1.807, 2.05) is 0 Å². The van der Waals surface area contributed by atoms with E-state index in [2.05, 4.69) is 26.8 Å². The summed E-state index contributed by atoms with van der Waals surface area (Å²) in [4.78, 5) is 5.14. The van der Waals surface area contributed by atoms with Crippen molar-refractivity contribution in [2.75, 3.05) is 37.7 Å². The standard InChI is InChI=1S/C14H28IN2/c1-12(2)14-5-7-16(8-6-14)10-13-4-9-17(11-13)15-3/h12-14H,4-11H2,1-3H3/q-1. The van der Waals surface area contributed by atoms with E-state index in [0.717, 1.165) is 17.8 Å². The third-order valence-corrected chi connectivity index (χ3v) is 6.81. The molecule has 1 unspecified atom stereocenters. The van der Waals surface area contributed by atoms with Crippen molar-refractivity contribution in [2.24, 2.45) is 17.8 Å². The maximum absolute atomic E-state index is 2.74. The number of alkyl halides is 1. The van der Waals surface area contributed by atoms with Gasteiger partial charge in [0.05, 0.1) is 0 Å². The zero-order valence-corrected chi connectivity index (χ0v) is 13.8. The fourth-order valence-electron chi connectivity index (χ4n) is 3.26. The van der Waals surface area contributed by atoms with Crippen molar-refractivity contribution in [3.05, 3.63) is 0 Å². The van der Waals surface area contributed by atoms with Gasteiger partial charge in [0.1, 0.15) is 0 Å². The molecule has 0 N–H and O–H groups in total. The van der Waals surface area contributed by atoms with Crippen LogP contribution in [-0.2, 0) is 0 Å². The molecule has 2 fully saturated rings. The third-order valence-electron chi connectivity index (χ3n) is 4.57. The Bertz CT molecular complexity index is 224. The molecule has 0 aromatic heterocycles. The Morgan fingerprint density at radius 3 is 2.35 bits per heavy atom. The molecule has 0 aliphatic carbocycles. The Labute approximate surface area is 118 Å². The molecule has 2 heterocycles. The molecule has 0 aromatic carbocycles. The number of rotatable bonds is 4. The second-order valence-corrected chi connectivity index (χ2v) is 8.40. The molecule has 2 aliphatic heterocycles. The van der Waals surface area contributed by atoms with Crippen molar-refractivity contribution in [2.45, 2.75) is 33.1 Å².